The van der Waals surface area contributed by atoms with Gasteiger partial charge < -0.3 is 15.4 Å². The summed E-state index contributed by atoms with van der Waals surface area (Å²) < 4.78 is 8.28. The summed E-state index contributed by atoms with van der Waals surface area (Å²) in [5.41, 5.74) is 7.23. The Labute approximate surface area is 150 Å². The zero-order chi connectivity index (χ0) is 18.7. The second-order valence-corrected chi connectivity index (χ2v) is 12.7. The summed E-state index contributed by atoms with van der Waals surface area (Å²) in [4.78, 5) is 13.1. The zero-order valence-electron chi connectivity index (χ0n) is 16.0. The van der Waals surface area contributed by atoms with Gasteiger partial charge in [0.25, 0.3) is 8.32 Å². The summed E-state index contributed by atoms with van der Waals surface area (Å²) in [6.45, 7) is 11.3. The van der Waals surface area contributed by atoms with Gasteiger partial charge in [0.05, 0.1) is 0 Å². The largest absolute Gasteiger partial charge is 0.467 e. The molecule has 0 saturated heterocycles. The normalized spacial score (nSPS) is 12.7. The fourth-order valence-electron chi connectivity index (χ4n) is 2.30. The Morgan fingerprint density at radius 2 is 1.84 bits per heavy atom. The maximum absolute atomic E-state index is 8.90. The van der Waals surface area contributed by atoms with Gasteiger partial charge in [-0.05, 0) is 31.0 Å². The summed E-state index contributed by atoms with van der Waals surface area (Å²) in [7, 11) is -2.05. The molecule has 3 N–H and O–H groups in total. The van der Waals surface area contributed by atoms with E-state index < -0.39 is 8.32 Å². The lowest BCUT2D eigenvalue weighted by Gasteiger charge is -2.36. The van der Waals surface area contributed by atoms with Crippen LogP contribution in [0.4, 0.5) is 5.82 Å². The first-order chi connectivity index (χ1) is 11.7. The van der Waals surface area contributed by atoms with Gasteiger partial charge in [0, 0.05) is 13.0 Å². The summed E-state index contributed by atoms with van der Waals surface area (Å²) >= 11 is 0. The molecule has 25 heavy (non-hydrogen) atoms. The molecule has 0 aliphatic rings. The zero-order valence-corrected chi connectivity index (χ0v) is 17.0. The van der Waals surface area contributed by atoms with Gasteiger partial charge >= 0.3 is 0 Å². The second-order valence-electron chi connectivity index (χ2n) is 7.99. The minimum Gasteiger partial charge on any atom is -0.467 e. The average molecular weight is 366 g/mol. The van der Waals surface area contributed by atoms with Gasteiger partial charge in [-0.1, -0.05) is 33.6 Å². The molecule has 0 saturated carbocycles. The Morgan fingerprint density at radius 1 is 1.16 bits per heavy atom. The first kappa shape index (κ1) is 19.6. The van der Waals surface area contributed by atoms with E-state index in [4.69, 9.17) is 15.4 Å². The highest BCUT2D eigenvalue weighted by molar-refractivity contribution is 6.74. The lowest BCUT2D eigenvalue weighted by Crippen LogP contribution is -2.48. The first-order valence-corrected chi connectivity index (χ1v) is 11.9. The van der Waals surface area contributed by atoms with Crippen LogP contribution in [-0.4, -0.2) is 39.7 Å². The van der Waals surface area contributed by atoms with Crippen LogP contribution in [-0.2, 0) is 6.42 Å². The molecule has 0 spiro atoms. The van der Waals surface area contributed by atoms with Gasteiger partial charge in [-0.3, -0.25) is 0 Å². The van der Waals surface area contributed by atoms with Crippen molar-refractivity contribution in [1.29, 1.82) is 0 Å². The molecular weight excluding hydrogens is 334 g/mol. The van der Waals surface area contributed by atoms with Crippen LogP contribution in [0.5, 0.6) is 0 Å². The topological polar surface area (TPSA) is 99.1 Å². The number of imidazole rings is 1. The van der Waals surface area contributed by atoms with Crippen molar-refractivity contribution in [3.05, 3.63) is 12.2 Å². The van der Waals surface area contributed by atoms with Crippen LogP contribution in [0.1, 0.15) is 52.3 Å². The summed E-state index contributed by atoms with van der Waals surface area (Å²) in [6.07, 6.45) is 6.13. The quantitative estimate of drug-likeness (QED) is 0.551. The number of nitrogens with zero attached hydrogens (tertiary/aromatic N) is 4. The Bertz CT molecular complexity index is 709. The molecule has 0 unspecified atom stereocenters. The van der Waals surface area contributed by atoms with Crippen molar-refractivity contribution in [3.8, 4) is 0 Å². The Kier molecular flexibility index (Phi) is 6.05. The van der Waals surface area contributed by atoms with E-state index in [1.165, 1.54) is 6.33 Å². The number of aliphatic hydroxyl groups excluding tert-OH is 1. The molecule has 0 radical (unpaired) electrons. The number of aliphatic hydroxyl groups is 1. The maximum atomic E-state index is 8.90. The number of rotatable bonds is 8. The summed E-state index contributed by atoms with van der Waals surface area (Å²) in [5, 5.41) is 8.97. The number of unbranched alkanes of at least 4 members (excludes halogenated alkanes) is 3. The van der Waals surface area contributed by atoms with Gasteiger partial charge in [-0.2, -0.15) is 4.73 Å². The first-order valence-electron chi connectivity index (χ1n) is 8.95. The number of hydrogen-bond donors (Lipinski definition) is 2. The predicted octanol–water partition coefficient (Wildman–Crippen LogP) is 2.94. The third kappa shape index (κ3) is 4.49. The number of nitrogens with two attached hydrogens (primary N) is 1. The van der Waals surface area contributed by atoms with Crippen LogP contribution in [0.25, 0.3) is 11.2 Å². The fourth-order valence-corrected chi connectivity index (χ4v) is 3.22. The number of fused-ring (bicyclic) bond motifs is 1. The highest BCUT2D eigenvalue weighted by Gasteiger charge is 2.41. The van der Waals surface area contributed by atoms with E-state index in [-0.39, 0.29) is 11.6 Å². The Hall–Kier alpha value is -1.67. The molecule has 2 aromatic heterocycles. The molecule has 2 heterocycles. The van der Waals surface area contributed by atoms with E-state index in [1.807, 2.05) is 0 Å². The molecule has 0 fully saturated rings. The molecule has 2 rings (SSSR count). The van der Waals surface area contributed by atoms with Crippen molar-refractivity contribution in [2.75, 3.05) is 12.3 Å². The highest BCUT2D eigenvalue weighted by Crippen LogP contribution is 2.35. The second kappa shape index (κ2) is 7.70. The molecule has 0 aliphatic carbocycles. The van der Waals surface area contributed by atoms with E-state index in [9.17, 15) is 0 Å². The molecule has 0 aliphatic heterocycles. The van der Waals surface area contributed by atoms with Crippen molar-refractivity contribution in [2.45, 2.75) is 71.0 Å². The van der Waals surface area contributed by atoms with Crippen LogP contribution >= 0.6 is 0 Å². The highest BCUT2D eigenvalue weighted by atomic mass is 28.4. The molecule has 0 aromatic carbocycles. The molecular formula is C17H31N5O2Si. The van der Waals surface area contributed by atoms with Crippen molar-refractivity contribution in [2.24, 2.45) is 0 Å². The Balaban J connectivity index is 2.31. The van der Waals surface area contributed by atoms with E-state index in [0.717, 1.165) is 37.9 Å². The van der Waals surface area contributed by atoms with Crippen molar-refractivity contribution < 1.29 is 9.63 Å². The van der Waals surface area contributed by atoms with E-state index in [2.05, 4.69) is 48.8 Å². The monoisotopic (exact) mass is 365 g/mol. The van der Waals surface area contributed by atoms with Crippen LogP contribution < -0.4 is 10.3 Å². The number of hydrogen-bond acceptors (Lipinski definition) is 6. The van der Waals surface area contributed by atoms with Crippen LogP contribution in [0.15, 0.2) is 6.33 Å². The standard InChI is InChI=1S/C17H31N5O2Si/c1-17(2,3)25(4,5)24-22-13(10-8-6-7-9-11-23)21-14-15(18)19-12-20-16(14)22/h12,23H,6-11H2,1-5H3,(H2,18,19,20). The maximum Gasteiger partial charge on any atom is 0.284 e. The van der Waals surface area contributed by atoms with Gasteiger partial charge in [0.2, 0.25) is 0 Å². The number of aryl methyl sites for hydroxylation is 1. The fraction of sp³-hybridized carbons (Fsp3) is 0.706. The molecule has 0 atom stereocenters. The summed E-state index contributed by atoms with van der Waals surface area (Å²) in [6, 6.07) is 0. The van der Waals surface area contributed by atoms with Gasteiger partial charge in [-0.15, -0.1) is 0 Å². The summed E-state index contributed by atoms with van der Waals surface area (Å²) in [5.74, 6) is 1.22. The molecule has 2 aromatic rings. The van der Waals surface area contributed by atoms with Gasteiger partial charge in [0.15, 0.2) is 17.0 Å². The average Bonchev–Trinajstić information content (AvgIpc) is 2.85. The molecule has 0 bridgehead atoms. The molecule has 140 valence electrons. The van der Waals surface area contributed by atoms with Crippen molar-refractivity contribution >= 4 is 25.3 Å². The van der Waals surface area contributed by atoms with E-state index in [1.54, 1.807) is 4.73 Å². The minimum atomic E-state index is -2.05. The lowest BCUT2D eigenvalue weighted by molar-refractivity contribution is 0.246. The van der Waals surface area contributed by atoms with Crippen LogP contribution in [0.2, 0.25) is 18.1 Å². The number of nitrogen functional groups attached to an aromatic ring is 1. The van der Waals surface area contributed by atoms with E-state index >= 15 is 0 Å². The van der Waals surface area contributed by atoms with E-state index in [0.29, 0.717) is 17.0 Å². The Morgan fingerprint density at radius 3 is 2.48 bits per heavy atom. The van der Waals surface area contributed by atoms with Crippen LogP contribution in [0, 0.1) is 0 Å². The van der Waals surface area contributed by atoms with Gasteiger partial charge in [-0.25, -0.2) is 15.0 Å². The third-order valence-corrected chi connectivity index (χ3v) is 9.18. The minimum absolute atomic E-state index is 0.0700. The van der Waals surface area contributed by atoms with Crippen LogP contribution in [0.3, 0.4) is 0 Å². The lowest BCUT2D eigenvalue weighted by atomic mass is 10.1. The smallest absolute Gasteiger partial charge is 0.284 e. The number of anilines is 1. The van der Waals surface area contributed by atoms with Crippen molar-refractivity contribution in [3.63, 3.8) is 0 Å². The van der Waals surface area contributed by atoms with Crippen molar-refractivity contribution in [1.82, 2.24) is 19.7 Å². The van der Waals surface area contributed by atoms with Gasteiger partial charge in [0.1, 0.15) is 12.2 Å². The SMILES string of the molecule is CC(C)(C)[Si](C)(C)On1c(CCCCCCO)nc2c(N)ncnc21. The predicted molar refractivity (Wildman–Crippen MR) is 103 cm³/mol. The third-order valence-electron chi connectivity index (χ3n) is 4.93. The molecule has 0 amide bonds. The molecule has 8 heteroatoms. The number of aromatic nitrogens is 4. The molecule has 7 nitrogen and oxygen atoms in total.